The normalized spacial score (nSPS) is 22.1. The number of rotatable bonds is 6. The summed E-state index contributed by atoms with van der Waals surface area (Å²) in [7, 11) is 0. The van der Waals surface area contributed by atoms with Crippen LogP contribution < -0.4 is 15.5 Å². The Morgan fingerprint density at radius 1 is 1.05 bits per heavy atom. The summed E-state index contributed by atoms with van der Waals surface area (Å²) in [4.78, 5) is 13.3. The summed E-state index contributed by atoms with van der Waals surface area (Å²) in [6.07, 6.45) is 5.31. The van der Waals surface area contributed by atoms with Gasteiger partial charge in [-0.15, -0.1) is 5.10 Å². The maximum Gasteiger partial charge on any atom is 0.247 e. The van der Waals surface area contributed by atoms with Gasteiger partial charge in [-0.25, -0.2) is 9.37 Å². The van der Waals surface area contributed by atoms with E-state index in [9.17, 15) is 14.9 Å². The molecule has 3 aromatic rings. The third-order valence-electron chi connectivity index (χ3n) is 7.35. The Hall–Kier alpha value is -3.67. The van der Waals surface area contributed by atoms with Gasteiger partial charge in [0.2, 0.25) is 5.95 Å². The molecule has 2 unspecified atom stereocenters. The Labute approximate surface area is 218 Å². The molecule has 10 nitrogen and oxygen atoms in total. The zero-order valence-corrected chi connectivity index (χ0v) is 20.9. The number of piperazine rings is 1. The topological polar surface area (TPSA) is 121 Å². The molecule has 1 aliphatic heterocycles. The van der Waals surface area contributed by atoms with Gasteiger partial charge in [-0.3, -0.25) is 4.90 Å². The van der Waals surface area contributed by atoms with Crippen LogP contribution in [-0.2, 0) is 0 Å². The lowest BCUT2D eigenvalue weighted by Gasteiger charge is -2.40. The summed E-state index contributed by atoms with van der Waals surface area (Å²) < 4.78 is 15.7. The molecule has 3 fully saturated rings. The van der Waals surface area contributed by atoms with Crippen LogP contribution in [-0.4, -0.2) is 68.9 Å². The summed E-state index contributed by atoms with van der Waals surface area (Å²) in [5, 5.41) is 30.6. The lowest BCUT2D eigenvalue weighted by Crippen LogP contribution is -2.51. The van der Waals surface area contributed by atoms with Crippen molar-refractivity contribution in [3.8, 4) is 12.1 Å². The summed E-state index contributed by atoms with van der Waals surface area (Å²) >= 11 is 6.87. The summed E-state index contributed by atoms with van der Waals surface area (Å²) in [5.74, 6) is 0.761. The van der Waals surface area contributed by atoms with E-state index in [0.717, 1.165) is 44.5 Å². The number of benzene rings is 1. The van der Waals surface area contributed by atoms with E-state index in [-0.39, 0.29) is 17.7 Å². The highest BCUT2D eigenvalue weighted by Gasteiger charge is 2.34. The Morgan fingerprint density at radius 2 is 1.86 bits per heavy atom. The average Bonchev–Trinajstić information content (AvgIpc) is 3.46. The molecule has 1 saturated heterocycles. The number of aromatic nitrogens is 4. The van der Waals surface area contributed by atoms with Crippen molar-refractivity contribution in [2.75, 3.05) is 41.7 Å². The second kappa shape index (κ2) is 9.66. The Balaban J connectivity index is 1.28. The summed E-state index contributed by atoms with van der Waals surface area (Å²) in [6, 6.07) is 8.08. The van der Waals surface area contributed by atoms with Crippen LogP contribution in [0.5, 0.6) is 0 Å². The lowest BCUT2D eigenvalue weighted by molar-refractivity contribution is 0.125. The van der Waals surface area contributed by atoms with Gasteiger partial charge in [-0.1, -0.05) is 11.6 Å². The molecule has 37 heavy (non-hydrogen) atoms. The van der Waals surface area contributed by atoms with E-state index in [4.69, 9.17) is 11.6 Å². The Kier molecular flexibility index (Phi) is 6.19. The first-order valence-electron chi connectivity index (χ1n) is 12.6. The molecule has 0 bridgehead atoms. The second-order valence-corrected chi connectivity index (χ2v) is 10.2. The van der Waals surface area contributed by atoms with Crippen molar-refractivity contribution in [1.82, 2.24) is 24.5 Å². The van der Waals surface area contributed by atoms with Gasteiger partial charge >= 0.3 is 0 Å². The minimum absolute atomic E-state index is 0.00674. The van der Waals surface area contributed by atoms with Crippen molar-refractivity contribution >= 4 is 40.4 Å². The minimum Gasteiger partial charge on any atom is -0.368 e. The van der Waals surface area contributed by atoms with Gasteiger partial charge in [0.25, 0.3) is 0 Å². The second-order valence-electron chi connectivity index (χ2n) is 9.82. The van der Waals surface area contributed by atoms with E-state index >= 15 is 0 Å². The molecule has 190 valence electrons. The fourth-order valence-corrected chi connectivity index (χ4v) is 5.52. The van der Waals surface area contributed by atoms with E-state index in [0.29, 0.717) is 53.3 Å². The average molecular weight is 521 g/mol. The molecule has 3 heterocycles. The first-order chi connectivity index (χ1) is 18.0. The first kappa shape index (κ1) is 23.7. The van der Waals surface area contributed by atoms with E-state index in [2.05, 4.69) is 47.6 Å². The monoisotopic (exact) mass is 520 g/mol. The largest absolute Gasteiger partial charge is 0.368 e. The molecule has 6 rings (SSSR count). The molecule has 1 aromatic carbocycles. The van der Waals surface area contributed by atoms with Crippen molar-refractivity contribution in [3.05, 3.63) is 34.6 Å². The van der Waals surface area contributed by atoms with E-state index in [1.807, 2.05) is 0 Å². The number of nitrogens with zero attached hydrogens (tertiary/aromatic N) is 8. The van der Waals surface area contributed by atoms with Crippen LogP contribution in [0.3, 0.4) is 0 Å². The van der Waals surface area contributed by atoms with E-state index in [1.54, 1.807) is 12.1 Å². The van der Waals surface area contributed by atoms with Gasteiger partial charge in [0.1, 0.15) is 12.2 Å². The number of alkyl halides is 1. The quantitative estimate of drug-likeness (QED) is 0.499. The molecular formula is C25H26ClFN10. The zero-order valence-electron chi connectivity index (χ0n) is 20.2. The number of fused-ring (bicyclic) bond motifs is 1. The van der Waals surface area contributed by atoms with Crippen LogP contribution in [0, 0.1) is 22.7 Å². The van der Waals surface area contributed by atoms with Gasteiger partial charge in [0.15, 0.2) is 17.2 Å². The SMILES string of the molecule is N#Cc1cc(Nc2nc(NC3CC3)c3ncc(C#N)n3n2)c(Cl)c(N2CCN(C3CCCC3F)CC2)c1. The minimum atomic E-state index is -0.749. The van der Waals surface area contributed by atoms with Gasteiger partial charge in [0, 0.05) is 38.3 Å². The molecule has 0 spiro atoms. The first-order valence-corrected chi connectivity index (χ1v) is 13.0. The number of nitrogens with one attached hydrogen (secondary N) is 2. The van der Waals surface area contributed by atoms with Crippen LogP contribution in [0.25, 0.3) is 5.65 Å². The summed E-state index contributed by atoms with van der Waals surface area (Å²) in [5.41, 5.74) is 2.44. The van der Waals surface area contributed by atoms with Gasteiger partial charge in [0.05, 0.1) is 34.2 Å². The van der Waals surface area contributed by atoms with Gasteiger partial charge in [-0.05, 0) is 44.2 Å². The van der Waals surface area contributed by atoms with Crippen molar-refractivity contribution in [2.45, 2.75) is 50.4 Å². The van der Waals surface area contributed by atoms with Gasteiger partial charge < -0.3 is 15.5 Å². The fraction of sp³-hybridized carbons (Fsp3) is 0.480. The standard InChI is InChI=1S/C25H26ClFN10/c26-22-19(32-25-33-23(31-16-4-5-16)24-30-14-17(13-29)37(24)34-25)10-15(12-28)11-21(22)36-8-6-35(7-9-36)20-3-1-2-18(20)27/h10-11,14,16,18,20H,1-9H2,(H2,31,32,33,34). The fourth-order valence-electron chi connectivity index (χ4n) is 5.24. The van der Waals surface area contributed by atoms with Crippen LogP contribution in [0.1, 0.15) is 43.4 Å². The number of anilines is 4. The predicted molar refractivity (Wildman–Crippen MR) is 138 cm³/mol. The number of hydrogen-bond acceptors (Lipinski definition) is 9. The highest BCUT2D eigenvalue weighted by atomic mass is 35.5. The van der Waals surface area contributed by atoms with Crippen LogP contribution in [0.15, 0.2) is 18.3 Å². The molecule has 2 aliphatic carbocycles. The molecule has 2 atom stereocenters. The molecule has 2 N–H and O–H groups in total. The Bertz CT molecular complexity index is 1410. The lowest BCUT2D eigenvalue weighted by atomic mass is 10.1. The van der Waals surface area contributed by atoms with Crippen molar-refractivity contribution in [3.63, 3.8) is 0 Å². The third kappa shape index (κ3) is 4.61. The Morgan fingerprint density at radius 3 is 2.54 bits per heavy atom. The van der Waals surface area contributed by atoms with E-state index in [1.165, 1.54) is 10.7 Å². The molecule has 3 aliphatic rings. The van der Waals surface area contributed by atoms with Crippen molar-refractivity contribution in [1.29, 1.82) is 10.5 Å². The maximum atomic E-state index is 14.3. The smallest absolute Gasteiger partial charge is 0.247 e. The van der Waals surface area contributed by atoms with Crippen LogP contribution in [0.2, 0.25) is 5.02 Å². The molecule has 12 heteroatoms. The molecule has 0 amide bonds. The molecule has 2 saturated carbocycles. The highest BCUT2D eigenvalue weighted by Crippen LogP contribution is 2.37. The zero-order chi connectivity index (χ0) is 25.5. The van der Waals surface area contributed by atoms with Crippen LogP contribution in [0.4, 0.5) is 27.5 Å². The highest BCUT2D eigenvalue weighted by molar-refractivity contribution is 6.36. The molecule has 0 radical (unpaired) electrons. The van der Waals surface area contributed by atoms with Crippen molar-refractivity contribution < 1.29 is 4.39 Å². The van der Waals surface area contributed by atoms with Crippen molar-refractivity contribution in [2.24, 2.45) is 0 Å². The molecule has 2 aromatic heterocycles. The number of nitriles is 2. The maximum absolute atomic E-state index is 14.3. The number of imidazole rings is 1. The summed E-state index contributed by atoms with van der Waals surface area (Å²) in [6.45, 7) is 2.87. The van der Waals surface area contributed by atoms with Gasteiger partial charge in [-0.2, -0.15) is 20.0 Å². The number of halogens is 2. The number of hydrogen-bond donors (Lipinski definition) is 2. The predicted octanol–water partition coefficient (Wildman–Crippen LogP) is 3.85. The molecular weight excluding hydrogens is 495 g/mol. The third-order valence-corrected chi connectivity index (χ3v) is 7.74. The van der Waals surface area contributed by atoms with Crippen LogP contribution >= 0.6 is 11.6 Å². The van der Waals surface area contributed by atoms with E-state index < -0.39 is 6.17 Å².